The lowest BCUT2D eigenvalue weighted by Gasteiger charge is -2.23. The van der Waals surface area contributed by atoms with E-state index in [1.807, 2.05) is 0 Å². The van der Waals surface area contributed by atoms with E-state index in [1.54, 1.807) is 0 Å². The highest BCUT2D eigenvalue weighted by Gasteiger charge is 2.25. The Morgan fingerprint density at radius 1 is 1.41 bits per heavy atom. The molecule has 0 unspecified atom stereocenters. The van der Waals surface area contributed by atoms with Gasteiger partial charge in [-0.3, -0.25) is 4.68 Å². The van der Waals surface area contributed by atoms with E-state index in [2.05, 4.69) is 38.8 Å². The van der Waals surface area contributed by atoms with Crippen LogP contribution in [0, 0.1) is 0 Å². The summed E-state index contributed by atoms with van der Waals surface area (Å²) >= 11 is 3.54. The van der Waals surface area contributed by atoms with Gasteiger partial charge in [0.15, 0.2) is 0 Å². The largest absolute Gasteiger partial charge is 0.329 e. The van der Waals surface area contributed by atoms with Crippen LogP contribution < -0.4 is 5.73 Å². The number of benzene rings is 1. The molecule has 2 N–H and O–H groups in total. The number of rotatable bonds is 3. The molecule has 0 aliphatic heterocycles. The van der Waals surface area contributed by atoms with E-state index in [1.165, 1.54) is 35.9 Å². The normalized spacial score (nSPS) is 16.4. The van der Waals surface area contributed by atoms with Gasteiger partial charge in [0.2, 0.25) is 0 Å². The first-order valence-corrected chi connectivity index (χ1v) is 6.95. The second-order valence-corrected chi connectivity index (χ2v) is 5.60. The van der Waals surface area contributed by atoms with Gasteiger partial charge >= 0.3 is 0 Å². The van der Waals surface area contributed by atoms with Gasteiger partial charge in [-0.2, -0.15) is 5.10 Å². The van der Waals surface area contributed by atoms with E-state index in [-0.39, 0.29) is 0 Å². The van der Waals surface area contributed by atoms with Gasteiger partial charge in [0.25, 0.3) is 0 Å². The molecule has 0 atom stereocenters. The fourth-order valence-electron chi connectivity index (χ4n) is 2.45. The van der Waals surface area contributed by atoms with Crippen molar-refractivity contribution in [3.05, 3.63) is 28.4 Å². The van der Waals surface area contributed by atoms with Gasteiger partial charge < -0.3 is 5.73 Å². The topological polar surface area (TPSA) is 43.8 Å². The second-order valence-electron chi connectivity index (χ2n) is 4.69. The lowest BCUT2D eigenvalue weighted by atomic mass is 9.82. The summed E-state index contributed by atoms with van der Waals surface area (Å²) in [6.07, 6.45) is 3.90. The molecule has 17 heavy (non-hydrogen) atoms. The van der Waals surface area contributed by atoms with Crippen molar-refractivity contribution in [2.24, 2.45) is 5.73 Å². The van der Waals surface area contributed by atoms with Crippen molar-refractivity contribution in [3.8, 4) is 0 Å². The molecule has 90 valence electrons. The van der Waals surface area contributed by atoms with Crippen LogP contribution in [-0.4, -0.2) is 16.3 Å². The first kappa shape index (κ1) is 11.2. The summed E-state index contributed by atoms with van der Waals surface area (Å²) in [6.45, 7) is 1.43. The monoisotopic (exact) mass is 293 g/mol. The van der Waals surface area contributed by atoms with Crippen LogP contribution in [0.1, 0.15) is 30.9 Å². The number of nitrogens with two attached hydrogens (primary N) is 1. The van der Waals surface area contributed by atoms with E-state index in [9.17, 15) is 0 Å². The Balaban J connectivity index is 2.15. The Bertz CT molecular complexity index is 543. The van der Waals surface area contributed by atoms with Crippen LogP contribution in [0.25, 0.3) is 10.9 Å². The Morgan fingerprint density at radius 2 is 2.24 bits per heavy atom. The maximum atomic E-state index is 5.64. The van der Waals surface area contributed by atoms with Crippen molar-refractivity contribution in [2.75, 3.05) is 6.54 Å². The molecule has 1 aromatic carbocycles. The second kappa shape index (κ2) is 4.42. The van der Waals surface area contributed by atoms with Gasteiger partial charge in [-0.1, -0.05) is 22.4 Å². The minimum Gasteiger partial charge on any atom is -0.329 e. The molecule has 1 saturated carbocycles. The standard InChI is InChI=1S/C13H16BrN3/c14-10-4-5-12-11(8-10)13(9-2-1-3-9)16-17(12)7-6-15/h4-5,8-9H,1-3,6-7,15H2. The number of fused-ring (bicyclic) bond motifs is 1. The number of hydrogen-bond acceptors (Lipinski definition) is 2. The quantitative estimate of drug-likeness (QED) is 0.945. The minimum absolute atomic E-state index is 0.636. The fourth-order valence-corrected chi connectivity index (χ4v) is 2.81. The van der Waals surface area contributed by atoms with Gasteiger partial charge in [-0.25, -0.2) is 0 Å². The van der Waals surface area contributed by atoms with Crippen molar-refractivity contribution in [3.63, 3.8) is 0 Å². The molecule has 0 radical (unpaired) electrons. The lowest BCUT2D eigenvalue weighted by molar-refractivity contribution is 0.408. The van der Waals surface area contributed by atoms with E-state index in [0.717, 1.165) is 11.0 Å². The molecule has 3 rings (SSSR count). The Kier molecular flexibility index (Phi) is 2.92. The van der Waals surface area contributed by atoms with Crippen molar-refractivity contribution in [1.29, 1.82) is 0 Å². The predicted molar refractivity (Wildman–Crippen MR) is 73.1 cm³/mol. The summed E-state index contributed by atoms with van der Waals surface area (Å²) in [5.41, 5.74) is 8.12. The van der Waals surface area contributed by atoms with Crippen LogP contribution in [0.5, 0.6) is 0 Å². The molecule has 1 aromatic heterocycles. The van der Waals surface area contributed by atoms with E-state index >= 15 is 0 Å². The molecule has 2 aromatic rings. The third-order valence-corrected chi connectivity index (χ3v) is 4.07. The zero-order valence-electron chi connectivity index (χ0n) is 9.69. The maximum Gasteiger partial charge on any atom is 0.0734 e. The molecule has 0 saturated heterocycles. The number of halogens is 1. The average Bonchev–Trinajstić information content (AvgIpc) is 2.55. The molecule has 1 fully saturated rings. The molecule has 1 heterocycles. The van der Waals surface area contributed by atoms with E-state index < -0.39 is 0 Å². The van der Waals surface area contributed by atoms with Crippen LogP contribution in [-0.2, 0) is 6.54 Å². The minimum atomic E-state index is 0.636. The van der Waals surface area contributed by atoms with E-state index in [4.69, 9.17) is 10.8 Å². The van der Waals surface area contributed by atoms with Gasteiger partial charge in [-0.15, -0.1) is 0 Å². The number of aromatic nitrogens is 2. The highest BCUT2D eigenvalue weighted by atomic mass is 79.9. The number of nitrogens with zero attached hydrogens (tertiary/aromatic N) is 2. The molecular weight excluding hydrogens is 278 g/mol. The van der Waals surface area contributed by atoms with Crippen molar-refractivity contribution < 1.29 is 0 Å². The summed E-state index contributed by atoms with van der Waals surface area (Å²) in [5, 5.41) is 6.05. The van der Waals surface area contributed by atoms with E-state index in [0.29, 0.717) is 12.5 Å². The molecular formula is C13H16BrN3. The zero-order chi connectivity index (χ0) is 11.8. The number of hydrogen-bond donors (Lipinski definition) is 1. The van der Waals surface area contributed by atoms with Gasteiger partial charge in [0, 0.05) is 22.3 Å². The van der Waals surface area contributed by atoms with Crippen LogP contribution in [0.2, 0.25) is 0 Å². The summed E-state index contributed by atoms with van der Waals surface area (Å²) in [7, 11) is 0. The average molecular weight is 294 g/mol. The first-order valence-electron chi connectivity index (χ1n) is 6.15. The highest BCUT2D eigenvalue weighted by Crippen LogP contribution is 2.39. The van der Waals surface area contributed by atoms with Gasteiger partial charge in [-0.05, 0) is 31.0 Å². The summed E-state index contributed by atoms with van der Waals surface area (Å²) < 4.78 is 3.17. The summed E-state index contributed by atoms with van der Waals surface area (Å²) in [4.78, 5) is 0. The predicted octanol–water partition coefficient (Wildman–Crippen LogP) is 3.03. The summed E-state index contributed by atoms with van der Waals surface area (Å²) in [6, 6.07) is 6.38. The van der Waals surface area contributed by atoms with Crippen LogP contribution >= 0.6 is 15.9 Å². The first-order chi connectivity index (χ1) is 8.29. The molecule has 0 amide bonds. The third-order valence-electron chi connectivity index (χ3n) is 3.57. The Hall–Kier alpha value is -0.870. The van der Waals surface area contributed by atoms with Gasteiger partial charge in [0.1, 0.15) is 0 Å². The summed E-state index contributed by atoms with van der Waals surface area (Å²) in [5.74, 6) is 0.658. The van der Waals surface area contributed by atoms with Crippen LogP contribution in [0.3, 0.4) is 0 Å². The molecule has 0 spiro atoms. The SMILES string of the molecule is NCCn1nc(C2CCC2)c2cc(Br)ccc21. The zero-order valence-corrected chi connectivity index (χ0v) is 11.3. The Morgan fingerprint density at radius 3 is 2.88 bits per heavy atom. The van der Waals surface area contributed by atoms with Crippen LogP contribution in [0.15, 0.2) is 22.7 Å². The van der Waals surface area contributed by atoms with Crippen molar-refractivity contribution in [2.45, 2.75) is 31.7 Å². The van der Waals surface area contributed by atoms with Crippen LogP contribution in [0.4, 0.5) is 0 Å². The van der Waals surface area contributed by atoms with Gasteiger partial charge in [0.05, 0.1) is 17.8 Å². The lowest BCUT2D eigenvalue weighted by Crippen LogP contribution is -2.13. The molecule has 3 nitrogen and oxygen atoms in total. The molecule has 1 aliphatic rings. The van der Waals surface area contributed by atoms with Crippen molar-refractivity contribution in [1.82, 2.24) is 9.78 Å². The molecule has 0 bridgehead atoms. The molecule has 4 heteroatoms. The maximum absolute atomic E-state index is 5.64. The Labute approximate surface area is 109 Å². The third kappa shape index (κ3) is 1.89. The molecule has 1 aliphatic carbocycles. The highest BCUT2D eigenvalue weighted by molar-refractivity contribution is 9.10. The fraction of sp³-hybridized carbons (Fsp3) is 0.462. The smallest absolute Gasteiger partial charge is 0.0734 e. The van der Waals surface area contributed by atoms with Crippen molar-refractivity contribution >= 4 is 26.8 Å².